The highest BCUT2D eigenvalue weighted by Crippen LogP contribution is 2.30. The van der Waals surface area contributed by atoms with Crippen LogP contribution in [0.3, 0.4) is 0 Å². The van der Waals surface area contributed by atoms with Crippen molar-refractivity contribution < 1.29 is 14.7 Å². The molecule has 1 amide bonds. The molecule has 20 heavy (non-hydrogen) atoms. The van der Waals surface area contributed by atoms with Crippen LogP contribution in [0, 0.1) is 11.8 Å². The summed E-state index contributed by atoms with van der Waals surface area (Å²) in [5.74, 6) is -2.03. The van der Waals surface area contributed by atoms with Crippen LogP contribution in [-0.4, -0.2) is 34.5 Å². The van der Waals surface area contributed by atoms with Crippen molar-refractivity contribution in [2.45, 2.75) is 44.3 Å². The second-order valence-corrected chi connectivity index (χ2v) is 6.58. The number of hydrogen-bond donors (Lipinski definition) is 2. The van der Waals surface area contributed by atoms with Crippen LogP contribution < -0.4 is 5.32 Å². The van der Waals surface area contributed by atoms with E-state index in [1.54, 1.807) is 11.8 Å². The van der Waals surface area contributed by atoms with Gasteiger partial charge in [0.1, 0.15) is 0 Å². The van der Waals surface area contributed by atoms with E-state index in [1.807, 2.05) is 12.2 Å². The van der Waals surface area contributed by atoms with Crippen molar-refractivity contribution >= 4 is 23.6 Å². The van der Waals surface area contributed by atoms with Gasteiger partial charge in [0, 0.05) is 11.3 Å². The van der Waals surface area contributed by atoms with Gasteiger partial charge < -0.3 is 10.4 Å². The molecule has 0 radical (unpaired) electrons. The summed E-state index contributed by atoms with van der Waals surface area (Å²) in [5, 5.41) is 12.2. The topological polar surface area (TPSA) is 66.4 Å². The van der Waals surface area contributed by atoms with Gasteiger partial charge in [-0.2, -0.15) is 11.8 Å². The van der Waals surface area contributed by atoms with Crippen molar-refractivity contribution in [1.82, 2.24) is 5.32 Å². The van der Waals surface area contributed by atoms with E-state index in [0.717, 1.165) is 12.8 Å². The number of hydrogen-bond acceptors (Lipinski definition) is 3. The van der Waals surface area contributed by atoms with Crippen LogP contribution in [0.15, 0.2) is 12.2 Å². The van der Waals surface area contributed by atoms with E-state index in [2.05, 4.69) is 25.4 Å². The van der Waals surface area contributed by atoms with Crippen molar-refractivity contribution in [1.29, 1.82) is 0 Å². The fourth-order valence-electron chi connectivity index (χ4n) is 2.62. The first-order chi connectivity index (χ1) is 9.49. The van der Waals surface area contributed by atoms with Crippen molar-refractivity contribution in [3.8, 4) is 0 Å². The quantitative estimate of drug-likeness (QED) is 0.709. The van der Waals surface area contributed by atoms with Crippen LogP contribution in [0.2, 0.25) is 0 Å². The first-order valence-electron chi connectivity index (χ1n) is 7.20. The van der Waals surface area contributed by atoms with Crippen LogP contribution in [0.25, 0.3) is 0 Å². The van der Waals surface area contributed by atoms with E-state index < -0.39 is 17.8 Å². The van der Waals surface area contributed by atoms with E-state index in [-0.39, 0.29) is 10.7 Å². The molecule has 5 heteroatoms. The largest absolute Gasteiger partial charge is 0.481 e. The summed E-state index contributed by atoms with van der Waals surface area (Å²) in [6.45, 7) is 4.84. The molecule has 0 spiro atoms. The molecule has 0 aliphatic heterocycles. The predicted molar refractivity (Wildman–Crippen MR) is 82.8 cm³/mol. The minimum atomic E-state index is -0.878. The summed E-state index contributed by atoms with van der Waals surface area (Å²) in [7, 11) is 0. The first kappa shape index (κ1) is 17.1. The number of rotatable bonds is 7. The molecular weight excluding hydrogens is 274 g/mol. The Bertz CT molecular complexity index is 369. The predicted octanol–water partition coefficient (Wildman–Crippen LogP) is 2.69. The molecule has 2 atom stereocenters. The molecule has 2 N–H and O–H groups in total. The average Bonchev–Trinajstić information content (AvgIpc) is 2.49. The fourth-order valence-corrected chi connectivity index (χ4v) is 3.41. The lowest BCUT2D eigenvalue weighted by molar-refractivity contribution is -0.147. The van der Waals surface area contributed by atoms with Gasteiger partial charge in [-0.05, 0) is 31.9 Å². The molecule has 0 aromatic rings. The lowest BCUT2D eigenvalue weighted by Gasteiger charge is -2.31. The van der Waals surface area contributed by atoms with E-state index in [0.29, 0.717) is 19.4 Å². The normalized spacial score (nSPS) is 22.6. The average molecular weight is 299 g/mol. The zero-order valence-corrected chi connectivity index (χ0v) is 13.3. The summed E-state index contributed by atoms with van der Waals surface area (Å²) in [6, 6.07) is 0. The second-order valence-electron chi connectivity index (χ2n) is 5.31. The Labute approximate surface area is 125 Å². The van der Waals surface area contributed by atoms with Gasteiger partial charge in [0.05, 0.1) is 11.8 Å². The molecule has 0 aromatic heterocycles. The third-order valence-electron chi connectivity index (χ3n) is 4.39. The number of nitrogens with one attached hydrogen (secondary N) is 1. The van der Waals surface area contributed by atoms with E-state index in [9.17, 15) is 14.7 Å². The minimum Gasteiger partial charge on any atom is -0.481 e. The van der Waals surface area contributed by atoms with Crippen LogP contribution in [-0.2, 0) is 9.59 Å². The fraction of sp³-hybridized carbons (Fsp3) is 0.733. The summed E-state index contributed by atoms with van der Waals surface area (Å²) < 4.78 is 0.0545. The Morgan fingerprint density at radius 2 is 1.80 bits per heavy atom. The molecule has 1 aliphatic carbocycles. The number of amides is 1. The maximum atomic E-state index is 12.3. The summed E-state index contributed by atoms with van der Waals surface area (Å²) in [4.78, 5) is 23.5. The van der Waals surface area contributed by atoms with Gasteiger partial charge in [-0.1, -0.05) is 26.0 Å². The number of carbonyl (C=O) groups excluding carboxylic acids is 1. The lowest BCUT2D eigenvalue weighted by Crippen LogP contribution is -2.45. The van der Waals surface area contributed by atoms with Gasteiger partial charge in [0.25, 0.3) is 0 Å². The number of carbonyl (C=O) groups is 2. The number of aliphatic carboxylic acids is 1. The minimum absolute atomic E-state index is 0.0545. The van der Waals surface area contributed by atoms with Crippen molar-refractivity contribution in [2.24, 2.45) is 11.8 Å². The highest BCUT2D eigenvalue weighted by molar-refractivity contribution is 8.00. The summed E-state index contributed by atoms with van der Waals surface area (Å²) in [6.07, 6.45) is 8.76. The highest BCUT2D eigenvalue weighted by atomic mass is 32.2. The van der Waals surface area contributed by atoms with Crippen molar-refractivity contribution in [2.75, 3.05) is 12.8 Å². The molecule has 4 nitrogen and oxygen atoms in total. The second kappa shape index (κ2) is 7.72. The molecule has 1 aliphatic rings. The standard InChI is InChI=1S/C15H25NO3S/c1-4-15(5-2,20-3)10-16-13(17)11-8-6-7-9-12(11)14(18)19/h6-7,11-12H,4-5,8-10H2,1-3H3,(H,16,17)(H,18,19)/t11-,12+/m1/s1. The Morgan fingerprint density at radius 3 is 2.25 bits per heavy atom. The first-order valence-corrected chi connectivity index (χ1v) is 8.42. The number of thioether (sulfide) groups is 1. The maximum Gasteiger partial charge on any atom is 0.307 e. The Balaban J connectivity index is 2.65. The highest BCUT2D eigenvalue weighted by Gasteiger charge is 2.35. The smallest absolute Gasteiger partial charge is 0.307 e. The third kappa shape index (κ3) is 4.01. The third-order valence-corrected chi connectivity index (χ3v) is 5.98. The number of allylic oxidation sites excluding steroid dienone is 2. The number of carboxylic acid groups (broad SMARTS) is 1. The van der Waals surface area contributed by atoms with Crippen molar-refractivity contribution in [3.05, 3.63) is 12.2 Å². The summed E-state index contributed by atoms with van der Waals surface area (Å²) >= 11 is 1.77. The molecule has 0 fully saturated rings. The van der Waals surface area contributed by atoms with Gasteiger partial charge >= 0.3 is 5.97 Å². The monoisotopic (exact) mass is 299 g/mol. The van der Waals surface area contributed by atoms with Gasteiger partial charge in [0.15, 0.2) is 0 Å². The Kier molecular flexibility index (Phi) is 6.59. The van der Waals surface area contributed by atoms with E-state index in [4.69, 9.17) is 0 Å². The zero-order chi connectivity index (χ0) is 15.2. The van der Waals surface area contributed by atoms with Gasteiger partial charge in [-0.25, -0.2) is 0 Å². The Hall–Kier alpha value is -0.970. The molecule has 0 saturated carbocycles. The molecular formula is C15H25NO3S. The van der Waals surface area contributed by atoms with Gasteiger partial charge in [-0.3, -0.25) is 9.59 Å². The van der Waals surface area contributed by atoms with E-state index >= 15 is 0 Å². The van der Waals surface area contributed by atoms with Gasteiger partial charge in [-0.15, -0.1) is 0 Å². The van der Waals surface area contributed by atoms with Crippen LogP contribution in [0.5, 0.6) is 0 Å². The maximum absolute atomic E-state index is 12.3. The molecule has 0 aromatic carbocycles. The molecule has 0 saturated heterocycles. The van der Waals surface area contributed by atoms with Crippen LogP contribution in [0.4, 0.5) is 0 Å². The Morgan fingerprint density at radius 1 is 1.25 bits per heavy atom. The van der Waals surface area contributed by atoms with Crippen molar-refractivity contribution in [3.63, 3.8) is 0 Å². The molecule has 0 bridgehead atoms. The van der Waals surface area contributed by atoms with Crippen LogP contribution in [0.1, 0.15) is 39.5 Å². The molecule has 1 rings (SSSR count). The SMILES string of the molecule is CCC(CC)(CNC(=O)[C@@H]1CC=CC[C@@H]1C(=O)O)SC. The number of carboxylic acids is 1. The molecule has 0 unspecified atom stereocenters. The molecule has 114 valence electrons. The van der Waals surface area contributed by atoms with Gasteiger partial charge in [0.2, 0.25) is 5.91 Å². The van der Waals surface area contributed by atoms with E-state index in [1.165, 1.54) is 0 Å². The summed E-state index contributed by atoms with van der Waals surface area (Å²) in [5.41, 5.74) is 0. The van der Waals surface area contributed by atoms with Crippen LogP contribution >= 0.6 is 11.8 Å². The lowest BCUT2D eigenvalue weighted by atomic mass is 9.82. The zero-order valence-electron chi connectivity index (χ0n) is 12.5. The molecule has 0 heterocycles.